The molecule has 0 spiro atoms. The Morgan fingerprint density at radius 2 is 1.84 bits per heavy atom. The number of aryl methyl sites for hydroxylation is 1. The van der Waals surface area contributed by atoms with Crippen LogP contribution in [0.2, 0.25) is 0 Å². The van der Waals surface area contributed by atoms with Crippen LogP contribution in [0.25, 0.3) is 10.4 Å². The molecule has 49 heavy (non-hydrogen) atoms. The van der Waals surface area contributed by atoms with Gasteiger partial charge in [0.2, 0.25) is 11.8 Å². The quantitative estimate of drug-likeness (QED) is 0.196. The fourth-order valence-electron chi connectivity index (χ4n) is 5.43. The van der Waals surface area contributed by atoms with Crippen LogP contribution in [0.3, 0.4) is 0 Å². The third-order valence-electron chi connectivity index (χ3n) is 8.23. The molecule has 3 atom stereocenters. The molecule has 0 unspecified atom stereocenters. The molecular weight excluding hydrogens is 655 g/mol. The highest BCUT2D eigenvalue weighted by Crippen LogP contribution is 2.40. The maximum absolute atomic E-state index is 14.5. The molecule has 0 bridgehead atoms. The minimum absolute atomic E-state index is 0.0169. The second kappa shape index (κ2) is 15.5. The lowest BCUT2D eigenvalue weighted by Crippen LogP contribution is -2.59. The number of rotatable bonds is 14. The second-order valence-electron chi connectivity index (χ2n) is 14.7. The number of hydrogen-bond acceptors (Lipinski definition) is 10. The highest BCUT2D eigenvalue weighted by Gasteiger charge is 2.53. The summed E-state index contributed by atoms with van der Waals surface area (Å²) in [6.45, 7) is 13.1. The molecule has 2 fully saturated rings. The molecule has 1 aromatic heterocycles. The van der Waals surface area contributed by atoms with E-state index in [1.54, 1.807) is 47.1 Å². The maximum Gasteiger partial charge on any atom is 0.308 e. The summed E-state index contributed by atoms with van der Waals surface area (Å²) < 4.78 is 31.5. The normalized spacial score (nSPS) is 19.2. The highest BCUT2D eigenvalue weighted by atomic mass is 32.1. The number of hydrogen-bond donors (Lipinski definition) is 3. The van der Waals surface area contributed by atoms with Crippen LogP contribution in [0, 0.1) is 12.3 Å². The number of β-amino-alcohol motifs (C(OH)–C–C–N with tert-alkyl or cyclic N) is 1. The Bertz CT molecular complexity index is 1510. The van der Waals surface area contributed by atoms with E-state index >= 15 is 0 Å². The van der Waals surface area contributed by atoms with Gasteiger partial charge in [0, 0.05) is 25.1 Å². The van der Waals surface area contributed by atoms with Crippen molar-refractivity contribution >= 4 is 35.0 Å². The van der Waals surface area contributed by atoms with Gasteiger partial charge in [0.05, 0.1) is 41.8 Å². The van der Waals surface area contributed by atoms with Crippen LogP contribution in [0.1, 0.15) is 78.5 Å². The molecule has 1 saturated carbocycles. The number of nitrogens with one attached hydrogen (secondary N) is 2. The predicted molar refractivity (Wildman–Crippen MR) is 181 cm³/mol. The Morgan fingerprint density at radius 3 is 2.45 bits per heavy atom. The third-order valence-corrected chi connectivity index (χ3v) is 9.21. The van der Waals surface area contributed by atoms with E-state index in [4.69, 9.17) is 14.2 Å². The van der Waals surface area contributed by atoms with Gasteiger partial charge in [0.1, 0.15) is 30.0 Å². The minimum Gasteiger partial charge on any atom is -0.491 e. The second-order valence-corrected chi connectivity index (χ2v) is 15.6. The summed E-state index contributed by atoms with van der Waals surface area (Å²) >= 11 is 1.50. The van der Waals surface area contributed by atoms with Gasteiger partial charge in [-0.25, -0.2) is 9.37 Å². The van der Waals surface area contributed by atoms with Crippen molar-refractivity contribution in [2.45, 2.75) is 110 Å². The van der Waals surface area contributed by atoms with E-state index in [0.29, 0.717) is 11.3 Å². The van der Waals surface area contributed by atoms with Gasteiger partial charge in [-0.05, 0) is 57.6 Å². The number of amides is 3. The summed E-state index contributed by atoms with van der Waals surface area (Å²) in [5.41, 5.74) is 0.877. The number of carbonyl (C=O) groups is 4. The Balaban J connectivity index is 1.42. The monoisotopic (exact) mass is 704 g/mol. The fraction of sp³-hybridized carbons (Fsp3) is 0.629. The summed E-state index contributed by atoms with van der Waals surface area (Å²) in [6.07, 6.45) is -0.598. The van der Waals surface area contributed by atoms with E-state index < -0.39 is 52.6 Å². The number of likely N-dealkylation sites (tertiary alicyclic amines) is 1. The largest absolute Gasteiger partial charge is 0.491 e. The zero-order valence-electron chi connectivity index (χ0n) is 29.4. The van der Waals surface area contributed by atoms with Gasteiger partial charge in [0.15, 0.2) is 5.67 Å². The van der Waals surface area contributed by atoms with Gasteiger partial charge in [0.25, 0.3) is 5.91 Å². The van der Waals surface area contributed by atoms with E-state index in [0.717, 1.165) is 16.1 Å². The van der Waals surface area contributed by atoms with Crippen molar-refractivity contribution in [1.82, 2.24) is 20.5 Å². The Labute approximate surface area is 291 Å². The van der Waals surface area contributed by atoms with Crippen molar-refractivity contribution < 1.29 is 42.9 Å². The van der Waals surface area contributed by atoms with Crippen molar-refractivity contribution in [3.63, 3.8) is 0 Å². The van der Waals surface area contributed by atoms with Crippen molar-refractivity contribution in [2.75, 3.05) is 26.4 Å². The zero-order chi connectivity index (χ0) is 36.1. The number of aromatic nitrogens is 1. The molecule has 2 heterocycles. The molecule has 3 N–H and O–H groups in total. The van der Waals surface area contributed by atoms with Crippen LogP contribution >= 0.6 is 11.3 Å². The maximum atomic E-state index is 14.5. The van der Waals surface area contributed by atoms with Gasteiger partial charge < -0.3 is 34.9 Å². The van der Waals surface area contributed by atoms with Crippen LogP contribution in [0.5, 0.6) is 5.75 Å². The number of ether oxygens (including phenoxy) is 3. The number of esters is 1. The first-order valence-electron chi connectivity index (χ1n) is 16.6. The number of halogens is 1. The molecule has 0 radical (unpaired) electrons. The first-order valence-corrected chi connectivity index (χ1v) is 17.5. The number of aliphatic hydroxyl groups excluding tert-OH is 1. The van der Waals surface area contributed by atoms with Gasteiger partial charge in [-0.2, -0.15) is 0 Å². The number of aliphatic hydroxyl groups is 1. The lowest BCUT2D eigenvalue weighted by atomic mass is 9.85. The molecule has 1 aromatic carbocycles. The van der Waals surface area contributed by atoms with Crippen LogP contribution < -0.4 is 15.4 Å². The molecule has 1 saturated heterocycles. The number of benzene rings is 1. The molecule has 3 amide bonds. The van der Waals surface area contributed by atoms with E-state index in [9.17, 15) is 28.7 Å². The van der Waals surface area contributed by atoms with Gasteiger partial charge in [-0.1, -0.05) is 32.9 Å². The van der Waals surface area contributed by atoms with E-state index in [-0.39, 0.29) is 64.6 Å². The summed E-state index contributed by atoms with van der Waals surface area (Å²) in [7, 11) is 0. The standard InChI is InChI=1S/C35H49FN4O8S/c1-21-28(49-20-38-21)22-8-9-23(26(16-22)47-15-14-46-13-10-27(42)48-34(5,6)7)18-37-30(43)25-17-24(41)19-40(25)31(44)29(33(2,3)4)39-32(45)35(36)11-12-35/h8-9,16,20,24-25,29,41H,10-15,17-19H2,1-7H3,(H,37,43)(H,39,45)/t24-,25+,29-/m1/s1. The fourth-order valence-corrected chi connectivity index (χ4v) is 6.24. The number of nitrogens with zero attached hydrogens (tertiary/aromatic N) is 2. The third kappa shape index (κ3) is 10.4. The van der Waals surface area contributed by atoms with Gasteiger partial charge in [-0.15, -0.1) is 11.3 Å². The first kappa shape index (κ1) is 38.2. The molecule has 270 valence electrons. The van der Waals surface area contributed by atoms with E-state index in [2.05, 4.69) is 15.6 Å². The van der Waals surface area contributed by atoms with Crippen LogP contribution in [-0.4, -0.2) is 94.5 Å². The van der Waals surface area contributed by atoms with E-state index in [1.807, 2.05) is 25.1 Å². The lowest BCUT2D eigenvalue weighted by Gasteiger charge is -2.35. The zero-order valence-corrected chi connectivity index (χ0v) is 30.2. The smallest absolute Gasteiger partial charge is 0.308 e. The molecule has 1 aliphatic heterocycles. The Hall–Kier alpha value is -3.62. The van der Waals surface area contributed by atoms with E-state index in [1.165, 1.54) is 16.2 Å². The highest BCUT2D eigenvalue weighted by molar-refractivity contribution is 7.13. The molecule has 12 nitrogen and oxygen atoms in total. The first-order chi connectivity index (χ1) is 22.9. The molecule has 14 heteroatoms. The molecular formula is C35H49FN4O8S. The molecule has 2 aromatic rings. The average Bonchev–Trinajstić information content (AvgIpc) is 3.41. The summed E-state index contributed by atoms with van der Waals surface area (Å²) in [4.78, 5) is 58.4. The summed E-state index contributed by atoms with van der Waals surface area (Å²) in [5, 5.41) is 16.0. The van der Waals surface area contributed by atoms with Crippen LogP contribution in [-0.2, 0) is 35.2 Å². The Morgan fingerprint density at radius 1 is 1.12 bits per heavy atom. The molecule has 2 aliphatic rings. The lowest BCUT2D eigenvalue weighted by molar-refractivity contribution is -0.156. The van der Waals surface area contributed by atoms with Gasteiger partial charge in [-0.3, -0.25) is 19.2 Å². The van der Waals surface area contributed by atoms with Crippen molar-refractivity contribution in [3.05, 3.63) is 35.0 Å². The van der Waals surface area contributed by atoms with Crippen molar-refractivity contribution in [2.24, 2.45) is 5.41 Å². The molecule has 1 aliphatic carbocycles. The summed E-state index contributed by atoms with van der Waals surface area (Å²) in [6, 6.07) is 3.53. The number of thiazole rings is 1. The van der Waals surface area contributed by atoms with Crippen LogP contribution in [0.4, 0.5) is 4.39 Å². The topological polar surface area (TPSA) is 156 Å². The molecule has 4 rings (SSSR count). The SMILES string of the molecule is Cc1ncsc1-c1ccc(CNC(=O)[C@@H]2C[C@@H](O)CN2C(=O)[C@@H](NC(=O)C2(F)CC2)C(C)(C)C)c(OCCOCCC(=O)OC(C)(C)C)c1. The number of alkyl halides is 1. The Kier molecular flexibility index (Phi) is 12.1. The van der Waals surface area contributed by atoms with Crippen molar-refractivity contribution in [3.8, 4) is 16.2 Å². The van der Waals surface area contributed by atoms with Crippen LogP contribution in [0.15, 0.2) is 23.7 Å². The predicted octanol–water partition coefficient (Wildman–Crippen LogP) is 3.86. The number of carbonyl (C=O) groups excluding carboxylic acids is 4. The summed E-state index contributed by atoms with van der Waals surface area (Å²) in [5.74, 6) is -1.70. The average molecular weight is 705 g/mol. The van der Waals surface area contributed by atoms with Crippen molar-refractivity contribution in [1.29, 1.82) is 0 Å². The van der Waals surface area contributed by atoms with Gasteiger partial charge >= 0.3 is 5.97 Å². The minimum atomic E-state index is -1.97.